The number of hydrogen-bond donors (Lipinski definition) is 2. The fraction of sp³-hybridized carbons (Fsp3) is 0.179. The molecule has 3 aromatic carbocycles. The predicted molar refractivity (Wildman–Crippen MR) is 156 cm³/mol. The van der Waals surface area contributed by atoms with E-state index in [4.69, 9.17) is 9.47 Å². The number of aromatic nitrogens is 4. The Balaban J connectivity index is 1.37. The molecule has 43 heavy (non-hydrogen) atoms. The molecular formula is C28H23F3N6O4S2. The zero-order valence-corrected chi connectivity index (χ0v) is 24.3. The van der Waals surface area contributed by atoms with Crippen molar-refractivity contribution in [3.8, 4) is 17.2 Å². The van der Waals surface area contributed by atoms with Crippen molar-refractivity contribution in [2.75, 3.05) is 25.3 Å². The van der Waals surface area contributed by atoms with Crippen molar-refractivity contribution < 1.29 is 32.2 Å². The molecular weight excluding hydrogens is 605 g/mol. The van der Waals surface area contributed by atoms with E-state index in [0.29, 0.717) is 16.6 Å². The molecule has 222 valence electrons. The van der Waals surface area contributed by atoms with Gasteiger partial charge < -0.3 is 20.1 Å². The van der Waals surface area contributed by atoms with Gasteiger partial charge in [-0.05, 0) is 42.5 Å². The van der Waals surface area contributed by atoms with E-state index in [1.54, 1.807) is 6.07 Å². The zero-order chi connectivity index (χ0) is 30.6. The van der Waals surface area contributed by atoms with Crippen molar-refractivity contribution in [3.05, 3.63) is 83.7 Å². The van der Waals surface area contributed by atoms with Crippen LogP contribution in [0.4, 0.5) is 18.3 Å². The molecule has 0 radical (unpaired) electrons. The van der Waals surface area contributed by atoms with Crippen LogP contribution in [-0.2, 0) is 17.5 Å². The van der Waals surface area contributed by atoms with Crippen molar-refractivity contribution in [1.29, 1.82) is 0 Å². The quantitative estimate of drug-likeness (QED) is 0.193. The molecule has 0 unspecified atom stereocenters. The molecule has 0 bridgehead atoms. The topological polar surface area (TPSA) is 120 Å². The Morgan fingerprint density at radius 2 is 1.72 bits per heavy atom. The van der Waals surface area contributed by atoms with Crippen LogP contribution in [0, 0.1) is 0 Å². The number of fused-ring (bicyclic) bond motifs is 1. The fourth-order valence-corrected chi connectivity index (χ4v) is 5.65. The lowest BCUT2D eigenvalue weighted by molar-refractivity contribution is -0.137. The van der Waals surface area contributed by atoms with Gasteiger partial charge in [0, 0.05) is 11.6 Å². The Kier molecular flexibility index (Phi) is 8.82. The number of carbonyl (C=O) groups excluding carboxylic acids is 2. The van der Waals surface area contributed by atoms with Gasteiger partial charge in [0.2, 0.25) is 5.91 Å². The minimum atomic E-state index is -4.59. The number of para-hydroxylation sites is 1. The van der Waals surface area contributed by atoms with E-state index in [9.17, 15) is 22.8 Å². The number of rotatable bonds is 10. The first-order valence-corrected chi connectivity index (χ1v) is 14.4. The van der Waals surface area contributed by atoms with Gasteiger partial charge >= 0.3 is 6.18 Å². The molecule has 15 heteroatoms. The Morgan fingerprint density at radius 3 is 2.42 bits per heavy atom. The molecule has 2 aromatic heterocycles. The second-order valence-corrected chi connectivity index (χ2v) is 10.9. The number of nitrogens with one attached hydrogen (secondary N) is 2. The van der Waals surface area contributed by atoms with Crippen molar-refractivity contribution in [3.63, 3.8) is 0 Å². The molecule has 0 aliphatic carbocycles. The van der Waals surface area contributed by atoms with Crippen LogP contribution in [0.5, 0.6) is 11.5 Å². The second-order valence-electron chi connectivity index (χ2n) is 8.89. The normalized spacial score (nSPS) is 11.4. The summed E-state index contributed by atoms with van der Waals surface area (Å²) in [5, 5.41) is 14.2. The summed E-state index contributed by atoms with van der Waals surface area (Å²) < 4.78 is 53.3. The van der Waals surface area contributed by atoms with Gasteiger partial charge in [0.25, 0.3) is 5.91 Å². The SMILES string of the molecule is COc1cc(OC)cc(C(=O)NCc2nnc(SCC(=O)Nc3nc4ccccc4s3)n2-c2cccc(C(F)(F)F)c2)c1. The lowest BCUT2D eigenvalue weighted by Gasteiger charge is -2.14. The highest BCUT2D eigenvalue weighted by Gasteiger charge is 2.31. The van der Waals surface area contributed by atoms with Gasteiger partial charge in [-0.25, -0.2) is 4.98 Å². The first-order chi connectivity index (χ1) is 20.6. The molecule has 0 spiro atoms. The number of nitrogens with zero attached hydrogens (tertiary/aromatic N) is 4. The summed E-state index contributed by atoms with van der Waals surface area (Å²) in [5.74, 6) is -0.0524. The molecule has 2 amide bonds. The van der Waals surface area contributed by atoms with Crippen LogP contribution in [0.25, 0.3) is 15.9 Å². The van der Waals surface area contributed by atoms with Crippen molar-refractivity contribution in [1.82, 2.24) is 25.1 Å². The first kappa shape index (κ1) is 29.8. The third-order valence-electron chi connectivity index (χ3n) is 6.03. The number of ether oxygens (including phenoxy) is 2. The van der Waals surface area contributed by atoms with Crippen LogP contribution in [0.1, 0.15) is 21.7 Å². The van der Waals surface area contributed by atoms with Gasteiger partial charge in [0.1, 0.15) is 11.5 Å². The second kappa shape index (κ2) is 12.7. The number of halogens is 3. The van der Waals surface area contributed by atoms with Crippen molar-refractivity contribution >= 4 is 50.3 Å². The highest BCUT2D eigenvalue weighted by Crippen LogP contribution is 2.32. The highest BCUT2D eigenvalue weighted by molar-refractivity contribution is 7.99. The molecule has 5 rings (SSSR count). The summed E-state index contributed by atoms with van der Waals surface area (Å²) in [6.45, 7) is -0.180. The monoisotopic (exact) mass is 628 g/mol. The summed E-state index contributed by atoms with van der Waals surface area (Å²) in [7, 11) is 2.90. The zero-order valence-electron chi connectivity index (χ0n) is 22.6. The van der Waals surface area contributed by atoms with Crippen LogP contribution in [0.15, 0.2) is 71.9 Å². The van der Waals surface area contributed by atoms with Crippen LogP contribution >= 0.6 is 23.1 Å². The van der Waals surface area contributed by atoms with Gasteiger partial charge in [0.05, 0.1) is 48.0 Å². The molecule has 2 N–H and O–H groups in total. The van der Waals surface area contributed by atoms with E-state index in [0.717, 1.165) is 34.1 Å². The van der Waals surface area contributed by atoms with Crippen LogP contribution < -0.4 is 20.1 Å². The lowest BCUT2D eigenvalue weighted by atomic mass is 10.2. The minimum Gasteiger partial charge on any atom is -0.497 e. The number of thiazole rings is 1. The summed E-state index contributed by atoms with van der Waals surface area (Å²) in [6, 6.07) is 16.7. The molecule has 2 heterocycles. The standard InChI is InChI=1S/C28H23F3N6O4S2/c1-40-19-10-16(11-20(13-19)41-2)25(39)32-14-23-35-36-27(37(23)18-7-5-6-17(12-18)28(29,30)31)42-15-24(38)34-26-33-21-8-3-4-9-22(21)43-26/h3-13H,14-15H2,1-2H3,(H,32,39)(H,33,34,38). The first-order valence-electron chi connectivity index (χ1n) is 12.6. The number of methoxy groups -OCH3 is 2. The van der Waals surface area contributed by atoms with E-state index in [1.165, 1.54) is 54.4 Å². The highest BCUT2D eigenvalue weighted by atomic mass is 32.2. The molecule has 0 saturated heterocycles. The average molecular weight is 629 g/mol. The Morgan fingerprint density at radius 1 is 0.977 bits per heavy atom. The molecule has 0 aliphatic heterocycles. The predicted octanol–water partition coefficient (Wildman–Crippen LogP) is 5.57. The van der Waals surface area contributed by atoms with E-state index < -0.39 is 17.6 Å². The largest absolute Gasteiger partial charge is 0.497 e. The fourth-order valence-electron chi connectivity index (χ4n) is 4.00. The number of anilines is 1. The van der Waals surface area contributed by atoms with Crippen LogP contribution in [0.2, 0.25) is 0 Å². The number of carbonyl (C=O) groups is 2. The van der Waals surface area contributed by atoms with E-state index in [1.807, 2.05) is 24.3 Å². The minimum absolute atomic E-state index is 0.112. The molecule has 10 nitrogen and oxygen atoms in total. The van der Waals surface area contributed by atoms with Crippen LogP contribution in [-0.4, -0.2) is 51.5 Å². The maximum absolute atomic E-state index is 13.5. The molecule has 0 atom stereocenters. The van der Waals surface area contributed by atoms with Crippen molar-refractivity contribution in [2.45, 2.75) is 17.9 Å². The van der Waals surface area contributed by atoms with Crippen LogP contribution in [0.3, 0.4) is 0 Å². The number of amides is 2. The molecule has 0 fully saturated rings. The summed E-state index contributed by atoms with van der Waals surface area (Å²) in [4.78, 5) is 30.1. The van der Waals surface area contributed by atoms with E-state index in [2.05, 4.69) is 25.8 Å². The smallest absolute Gasteiger partial charge is 0.416 e. The van der Waals surface area contributed by atoms with Gasteiger partial charge in [-0.2, -0.15) is 13.2 Å². The average Bonchev–Trinajstić information content (AvgIpc) is 3.61. The maximum atomic E-state index is 13.5. The lowest BCUT2D eigenvalue weighted by Crippen LogP contribution is -2.25. The van der Waals surface area contributed by atoms with E-state index >= 15 is 0 Å². The van der Waals surface area contributed by atoms with Gasteiger partial charge in [0.15, 0.2) is 16.1 Å². The molecule has 5 aromatic rings. The van der Waals surface area contributed by atoms with Crippen molar-refractivity contribution in [2.24, 2.45) is 0 Å². The number of hydrogen-bond acceptors (Lipinski definition) is 9. The number of benzene rings is 3. The molecule has 0 aliphatic rings. The maximum Gasteiger partial charge on any atom is 0.416 e. The van der Waals surface area contributed by atoms with Gasteiger partial charge in [-0.15, -0.1) is 10.2 Å². The Labute approximate surface area is 251 Å². The Bertz CT molecular complexity index is 1730. The molecule has 0 saturated carbocycles. The summed E-state index contributed by atoms with van der Waals surface area (Å²) in [5.41, 5.74) is 0.226. The Hall–Kier alpha value is -4.63. The van der Waals surface area contributed by atoms with Gasteiger partial charge in [-0.1, -0.05) is 41.3 Å². The third kappa shape index (κ3) is 7.06. The number of alkyl halides is 3. The van der Waals surface area contributed by atoms with E-state index in [-0.39, 0.29) is 40.4 Å². The third-order valence-corrected chi connectivity index (χ3v) is 7.91. The van der Waals surface area contributed by atoms with Gasteiger partial charge in [-0.3, -0.25) is 14.2 Å². The summed E-state index contributed by atoms with van der Waals surface area (Å²) in [6.07, 6.45) is -4.59. The summed E-state index contributed by atoms with van der Waals surface area (Å²) >= 11 is 2.30. The number of thioether (sulfide) groups is 1.